The van der Waals surface area contributed by atoms with E-state index in [1.807, 2.05) is 0 Å². The maximum absolute atomic E-state index is 3.66. The van der Waals surface area contributed by atoms with E-state index in [9.17, 15) is 0 Å². The number of nitrogens with zero attached hydrogens (tertiary/aromatic N) is 1. The van der Waals surface area contributed by atoms with E-state index in [-0.39, 0.29) is 0 Å². The van der Waals surface area contributed by atoms with Crippen molar-refractivity contribution < 1.29 is 0 Å². The van der Waals surface area contributed by atoms with Gasteiger partial charge in [-0.15, -0.1) is 0 Å². The maximum Gasteiger partial charge on any atom is 0.0195 e. The number of hydrogen-bond acceptors (Lipinski definition) is 2. The molecule has 0 amide bonds. The molecule has 0 spiro atoms. The van der Waals surface area contributed by atoms with Gasteiger partial charge in [0.15, 0.2) is 0 Å². The van der Waals surface area contributed by atoms with Crippen LogP contribution in [0.5, 0.6) is 0 Å². The van der Waals surface area contributed by atoms with Gasteiger partial charge in [-0.05, 0) is 45.2 Å². The fourth-order valence-corrected chi connectivity index (χ4v) is 3.43. The third kappa shape index (κ3) is 4.26. The molecule has 0 aromatic heterocycles. The molecule has 0 radical (unpaired) electrons. The monoisotopic (exact) mass is 238 g/mol. The highest BCUT2D eigenvalue weighted by Gasteiger charge is 2.24. The predicted octanol–water partition coefficient (Wildman–Crippen LogP) is 3.17. The van der Waals surface area contributed by atoms with Gasteiger partial charge < -0.3 is 5.32 Å². The molecule has 1 atom stereocenters. The molecule has 2 rings (SSSR count). The Hall–Kier alpha value is -0.0800. The van der Waals surface area contributed by atoms with Crippen LogP contribution < -0.4 is 5.32 Å². The zero-order valence-corrected chi connectivity index (χ0v) is 11.6. The van der Waals surface area contributed by atoms with Crippen molar-refractivity contribution in [2.24, 2.45) is 0 Å². The molecule has 2 aliphatic rings. The van der Waals surface area contributed by atoms with E-state index in [4.69, 9.17) is 0 Å². The molecule has 2 nitrogen and oxygen atoms in total. The van der Waals surface area contributed by atoms with E-state index >= 15 is 0 Å². The lowest BCUT2D eigenvalue weighted by atomic mass is 9.93. The van der Waals surface area contributed by atoms with Crippen LogP contribution in [0.1, 0.15) is 64.7 Å². The summed E-state index contributed by atoms with van der Waals surface area (Å²) in [5.41, 5.74) is 0. The second-order valence-electron chi connectivity index (χ2n) is 5.93. The molecular formula is C15H30N2. The molecule has 2 fully saturated rings. The number of nitrogens with one attached hydrogen (secondary N) is 1. The summed E-state index contributed by atoms with van der Waals surface area (Å²) in [5, 5.41) is 3.66. The van der Waals surface area contributed by atoms with E-state index in [0.717, 1.165) is 12.1 Å². The molecule has 100 valence electrons. The maximum atomic E-state index is 3.66. The van der Waals surface area contributed by atoms with Crippen molar-refractivity contribution in [3.63, 3.8) is 0 Å². The first-order valence-corrected chi connectivity index (χ1v) is 7.87. The van der Waals surface area contributed by atoms with Gasteiger partial charge in [0.25, 0.3) is 0 Å². The summed E-state index contributed by atoms with van der Waals surface area (Å²) in [6.45, 7) is 6.20. The standard InChI is InChI=1S/C15H30N2/c1-2-3-12-17(13-14-8-7-11-16-14)15-9-5-4-6-10-15/h14-16H,2-13H2,1H3. The van der Waals surface area contributed by atoms with Gasteiger partial charge >= 0.3 is 0 Å². The molecular weight excluding hydrogens is 208 g/mol. The highest BCUT2D eigenvalue weighted by molar-refractivity contribution is 4.83. The molecule has 17 heavy (non-hydrogen) atoms. The van der Waals surface area contributed by atoms with Crippen molar-refractivity contribution in [3.8, 4) is 0 Å². The third-order valence-corrected chi connectivity index (χ3v) is 4.51. The fraction of sp³-hybridized carbons (Fsp3) is 1.00. The van der Waals surface area contributed by atoms with E-state index < -0.39 is 0 Å². The Bertz CT molecular complexity index is 193. The number of hydrogen-bond donors (Lipinski definition) is 1. The summed E-state index contributed by atoms with van der Waals surface area (Å²) in [4.78, 5) is 2.81. The Labute approximate surface area is 107 Å². The SMILES string of the molecule is CCCCN(CC1CCCN1)C1CCCCC1. The fourth-order valence-electron chi connectivity index (χ4n) is 3.43. The molecule has 1 saturated carbocycles. The second kappa shape index (κ2) is 7.38. The van der Waals surface area contributed by atoms with Gasteiger partial charge in [-0.3, -0.25) is 4.90 Å². The van der Waals surface area contributed by atoms with Crippen LogP contribution in [0.25, 0.3) is 0 Å². The van der Waals surface area contributed by atoms with Gasteiger partial charge in [0, 0.05) is 18.6 Å². The Morgan fingerprint density at radius 2 is 1.88 bits per heavy atom. The average molecular weight is 238 g/mol. The lowest BCUT2D eigenvalue weighted by molar-refractivity contribution is 0.142. The summed E-state index contributed by atoms with van der Waals surface area (Å²) in [5.74, 6) is 0. The molecule has 1 unspecified atom stereocenters. The van der Waals surface area contributed by atoms with Crippen LogP contribution in [0.3, 0.4) is 0 Å². The Morgan fingerprint density at radius 3 is 2.53 bits per heavy atom. The van der Waals surface area contributed by atoms with Crippen molar-refractivity contribution in [3.05, 3.63) is 0 Å². The molecule has 0 aromatic rings. The molecule has 1 aliphatic carbocycles. The second-order valence-corrected chi connectivity index (χ2v) is 5.93. The Morgan fingerprint density at radius 1 is 1.06 bits per heavy atom. The Kier molecular flexibility index (Phi) is 5.79. The first kappa shape index (κ1) is 13.4. The van der Waals surface area contributed by atoms with Gasteiger partial charge in [0.1, 0.15) is 0 Å². The van der Waals surface area contributed by atoms with Gasteiger partial charge in [-0.25, -0.2) is 0 Å². The van der Waals surface area contributed by atoms with Crippen molar-refractivity contribution in [2.45, 2.75) is 76.8 Å². The number of rotatable bonds is 6. The summed E-state index contributed by atoms with van der Waals surface area (Å²) < 4.78 is 0. The molecule has 1 N–H and O–H groups in total. The Balaban J connectivity index is 1.81. The summed E-state index contributed by atoms with van der Waals surface area (Å²) in [7, 11) is 0. The largest absolute Gasteiger partial charge is 0.313 e. The van der Waals surface area contributed by atoms with Crippen molar-refractivity contribution >= 4 is 0 Å². The van der Waals surface area contributed by atoms with Crippen molar-refractivity contribution in [1.82, 2.24) is 10.2 Å². The van der Waals surface area contributed by atoms with Crippen LogP contribution in [0.4, 0.5) is 0 Å². The van der Waals surface area contributed by atoms with Gasteiger partial charge in [-0.1, -0.05) is 32.6 Å². The van der Waals surface area contributed by atoms with Crippen LogP contribution >= 0.6 is 0 Å². The molecule has 1 aliphatic heterocycles. The normalized spacial score (nSPS) is 26.8. The minimum Gasteiger partial charge on any atom is -0.313 e. The van der Waals surface area contributed by atoms with Crippen LogP contribution in [-0.4, -0.2) is 36.6 Å². The molecule has 1 saturated heterocycles. The van der Waals surface area contributed by atoms with Crippen molar-refractivity contribution in [2.75, 3.05) is 19.6 Å². The first-order chi connectivity index (χ1) is 8.40. The van der Waals surface area contributed by atoms with E-state index in [0.29, 0.717) is 0 Å². The summed E-state index contributed by atoms with van der Waals surface area (Å²) in [6, 6.07) is 1.69. The number of unbranched alkanes of at least 4 members (excludes halogenated alkanes) is 1. The van der Waals surface area contributed by atoms with Gasteiger partial charge in [0.05, 0.1) is 0 Å². The van der Waals surface area contributed by atoms with Crippen molar-refractivity contribution in [1.29, 1.82) is 0 Å². The van der Waals surface area contributed by atoms with Crippen LogP contribution in [0.15, 0.2) is 0 Å². The first-order valence-electron chi connectivity index (χ1n) is 7.87. The van der Waals surface area contributed by atoms with Crippen LogP contribution in [-0.2, 0) is 0 Å². The van der Waals surface area contributed by atoms with Gasteiger partial charge in [0.2, 0.25) is 0 Å². The molecule has 0 aromatic carbocycles. The zero-order valence-electron chi connectivity index (χ0n) is 11.6. The summed E-state index contributed by atoms with van der Waals surface area (Å²) >= 11 is 0. The van der Waals surface area contributed by atoms with Gasteiger partial charge in [-0.2, -0.15) is 0 Å². The molecule has 2 heteroatoms. The topological polar surface area (TPSA) is 15.3 Å². The molecule has 0 bridgehead atoms. The highest BCUT2D eigenvalue weighted by atomic mass is 15.2. The van der Waals surface area contributed by atoms with E-state index in [1.165, 1.54) is 77.4 Å². The lowest BCUT2D eigenvalue weighted by Gasteiger charge is -2.36. The highest BCUT2D eigenvalue weighted by Crippen LogP contribution is 2.23. The minimum absolute atomic E-state index is 0.786. The van der Waals surface area contributed by atoms with E-state index in [1.54, 1.807) is 0 Å². The minimum atomic E-state index is 0.786. The lowest BCUT2D eigenvalue weighted by Crippen LogP contribution is -2.44. The predicted molar refractivity (Wildman–Crippen MR) is 74.4 cm³/mol. The molecule has 1 heterocycles. The quantitative estimate of drug-likeness (QED) is 0.764. The van der Waals surface area contributed by atoms with Crippen LogP contribution in [0.2, 0.25) is 0 Å². The van der Waals surface area contributed by atoms with Crippen LogP contribution in [0, 0.1) is 0 Å². The van der Waals surface area contributed by atoms with E-state index in [2.05, 4.69) is 17.1 Å². The smallest absolute Gasteiger partial charge is 0.0195 e. The zero-order chi connectivity index (χ0) is 11.9. The average Bonchev–Trinajstić information content (AvgIpc) is 2.88. The summed E-state index contributed by atoms with van der Waals surface area (Å²) in [6.07, 6.45) is 12.8. The third-order valence-electron chi connectivity index (χ3n) is 4.51.